The molecule has 0 spiro atoms. The molecule has 1 aliphatic rings. The van der Waals surface area contributed by atoms with Gasteiger partial charge in [0, 0.05) is 6.42 Å². The third-order valence-electron chi connectivity index (χ3n) is 4.07. The minimum absolute atomic E-state index is 0.0995. The Labute approximate surface area is 158 Å². The van der Waals surface area contributed by atoms with Gasteiger partial charge in [0.2, 0.25) is 5.91 Å². The van der Waals surface area contributed by atoms with Crippen LogP contribution in [-0.4, -0.2) is 47.4 Å². The Morgan fingerprint density at radius 3 is 2.26 bits per heavy atom. The number of carbonyl (C=O) groups is 3. The summed E-state index contributed by atoms with van der Waals surface area (Å²) in [6, 6.07) is 5.34. The van der Waals surface area contributed by atoms with Gasteiger partial charge in [0.1, 0.15) is 22.9 Å². The summed E-state index contributed by atoms with van der Waals surface area (Å²) in [7, 11) is 1.27. The van der Waals surface area contributed by atoms with Crippen molar-refractivity contribution < 1.29 is 29.0 Å². The van der Waals surface area contributed by atoms with Crippen LogP contribution in [0.1, 0.15) is 39.2 Å². The molecular formula is C19H26N2O6. The molecule has 0 radical (unpaired) electrons. The van der Waals surface area contributed by atoms with Gasteiger partial charge in [0.15, 0.2) is 0 Å². The molecule has 8 heteroatoms. The van der Waals surface area contributed by atoms with Crippen molar-refractivity contribution in [1.82, 2.24) is 10.6 Å². The maximum atomic E-state index is 12.8. The van der Waals surface area contributed by atoms with Crippen molar-refractivity contribution in [3.63, 3.8) is 0 Å². The Kier molecular flexibility index (Phi) is 5.98. The Morgan fingerprint density at radius 1 is 1.19 bits per heavy atom. The number of amides is 2. The number of carbonyl (C=O) groups excluding carboxylic acids is 3. The predicted molar refractivity (Wildman–Crippen MR) is 97.1 cm³/mol. The molecule has 3 N–H and O–H groups in total. The number of phenols is 1. The standard InChI is InChI=1S/C19H26N2O6/c1-18(2,3)27-17(25)20-14(11-12-5-7-13(22)8-6-12)15(23)21-19(9-10-19)16(24)26-4/h5-8,14,22H,9-11H2,1-4H3,(H,20,25)(H,21,23)/t14-/m0/s1. The van der Waals surface area contributed by atoms with E-state index < -0.39 is 35.2 Å². The number of alkyl carbamates (subject to hydrolysis) is 1. The van der Waals surface area contributed by atoms with Gasteiger partial charge in [-0.15, -0.1) is 0 Å². The molecule has 1 saturated carbocycles. The fourth-order valence-electron chi connectivity index (χ4n) is 2.55. The van der Waals surface area contributed by atoms with Crippen LogP contribution < -0.4 is 10.6 Å². The second-order valence-corrected chi connectivity index (χ2v) is 7.63. The zero-order valence-corrected chi connectivity index (χ0v) is 16.0. The van der Waals surface area contributed by atoms with Gasteiger partial charge in [0.25, 0.3) is 0 Å². The van der Waals surface area contributed by atoms with Gasteiger partial charge < -0.3 is 25.2 Å². The highest BCUT2D eigenvalue weighted by Gasteiger charge is 2.53. The average Bonchev–Trinajstić information content (AvgIpc) is 3.34. The van der Waals surface area contributed by atoms with E-state index in [0.29, 0.717) is 12.8 Å². The lowest BCUT2D eigenvalue weighted by atomic mass is 10.0. The van der Waals surface area contributed by atoms with E-state index in [4.69, 9.17) is 9.47 Å². The Bertz CT molecular complexity index is 704. The number of hydrogen-bond donors (Lipinski definition) is 3. The van der Waals surface area contributed by atoms with Crippen LogP contribution in [0.2, 0.25) is 0 Å². The van der Waals surface area contributed by atoms with Gasteiger partial charge >= 0.3 is 12.1 Å². The molecule has 1 fully saturated rings. The van der Waals surface area contributed by atoms with E-state index in [1.54, 1.807) is 32.9 Å². The monoisotopic (exact) mass is 378 g/mol. The van der Waals surface area contributed by atoms with Crippen LogP contribution >= 0.6 is 0 Å². The van der Waals surface area contributed by atoms with E-state index in [0.717, 1.165) is 5.56 Å². The first-order valence-electron chi connectivity index (χ1n) is 8.72. The molecular weight excluding hydrogens is 352 g/mol. The number of phenolic OH excluding ortho intramolecular Hbond substituents is 1. The minimum Gasteiger partial charge on any atom is -0.508 e. The van der Waals surface area contributed by atoms with E-state index in [-0.39, 0.29) is 12.2 Å². The normalized spacial score (nSPS) is 16.0. The Morgan fingerprint density at radius 2 is 1.78 bits per heavy atom. The van der Waals surface area contributed by atoms with Crippen molar-refractivity contribution in [2.45, 2.75) is 57.2 Å². The number of ether oxygens (including phenoxy) is 2. The highest BCUT2D eigenvalue weighted by molar-refractivity contribution is 5.93. The second-order valence-electron chi connectivity index (χ2n) is 7.63. The molecule has 1 aromatic carbocycles. The first kappa shape index (κ1) is 20.5. The fraction of sp³-hybridized carbons (Fsp3) is 0.526. The average molecular weight is 378 g/mol. The largest absolute Gasteiger partial charge is 0.508 e. The van der Waals surface area contributed by atoms with Crippen LogP contribution in [0.15, 0.2) is 24.3 Å². The number of benzene rings is 1. The van der Waals surface area contributed by atoms with Crippen LogP contribution in [0, 0.1) is 0 Å². The van der Waals surface area contributed by atoms with Crippen LogP contribution in [0.5, 0.6) is 5.75 Å². The topological polar surface area (TPSA) is 114 Å². The third kappa shape index (κ3) is 5.87. The van der Waals surface area contributed by atoms with E-state index in [2.05, 4.69) is 10.6 Å². The van der Waals surface area contributed by atoms with Crippen molar-refractivity contribution in [2.24, 2.45) is 0 Å². The molecule has 2 rings (SSSR count). The zero-order valence-electron chi connectivity index (χ0n) is 16.0. The highest BCUT2D eigenvalue weighted by atomic mass is 16.6. The fourth-order valence-corrected chi connectivity index (χ4v) is 2.55. The van der Waals surface area contributed by atoms with E-state index in [1.165, 1.54) is 19.2 Å². The maximum Gasteiger partial charge on any atom is 0.408 e. The van der Waals surface area contributed by atoms with E-state index >= 15 is 0 Å². The lowest BCUT2D eigenvalue weighted by Crippen LogP contribution is -2.54. The molecule has 0 saturated heterocycles. The summed E-state index contributed by atoms with van der Waals surface area (Å²) >= 11 is 0. The molecule has 1 aliphatic carbocycles. The summed E-state index contributed by atoms with van der Waals surface area (Å²) in [4.78, 5) is 36.8. The highest BCUT2D eigenvalue weighted by Crippen LogP contribution is 2.36. The molecule has 0 heterocycles. The van der Waals surface area contributed by atoms with Gasteiger partial charge in [-0.25, -0.2) is 9.59 Å². The van der Waals surface area contributed by atoms with Crippen LogP contribution in [-0.2, 0) is 25.5 Å². The van der Waals surface area contributed by atoms with Crippen LogP contribution in [0.3, 0.4) is 0 Å². The van der Waals surface area contributed by atoms with Crippen LogP contribution in [0.25, 0.3) is 0 Å². The summed E-state index contributed by atoms with van der Waals surface area (Å²) in [6.07, 6.45) is 0.417. The summed E-state index contributed by atoms with van der Waals surface area (Å²) in [5.74, 6) is -0.907. The summed E-state index contributed by atoms with van der Waals surface area (Å²) in [5.41, 5.74) is -1.01. The van der Waals surface area contributed by atoms with E-state index in [9.17, 15) is 19.5 Å². The molecule has 0 unspecified atom stereocenters. The van der Waals surface area contributed by atoms with Gasteiger partial charge in [-0.05, 0) is 51.3 Å². The quantitative estimate of drug-likeness (QED) is 0.649. The molecule has 1 atom stereocenters. The van der Waals surface area contributed by atoms with Crippen molar-refractivity contribution in [3.8, 4) is 5.75 Å². The number of rotatable bonds is 6. The SMILES string of the molecule is COC(=O)C1(NC(=O)[C@H](Cc2ccc(O)cc2)NC(=O)OC(C)(C)C)CC1. The summed E-state index contributed by atoms with van der Waals surface area (Å²) < 4.78 is 9.97. The molecule has 0 bridgehead atoms. The molecule has 0 aromatic heterocycles. The number of nitrogens with one attached hydrogen (secondary N) is 2. The lowest BCUT2D eigenvalue weighted by Gasteiger charge is -2.25. The first-order valence-corrected chi connectivity index (χ1v) is 8.72. The maximum absolute atomic E-state index is 12.8. The summed E-state index contributed by atoms with van der Waals surface area (Å²) in [6.45, 7) is 5.16. The first-order chi connectivity index (χ1) is 12.5. The summed E-state index contributed by atoms with van der Waals surface area (Å²) in [5, 5.41) is 14.6. The molecule has 2 amide bonds. The van der Waals surface area contributed by atoms with Crippen molar-refractivity contribution in [3.05, 3.63) is 29.8 Å². The van der Waals surface area contributed by atoms with Crippen molar-refractivity contribution in [1.29, 1.82) is 0 Å². The van der Waals surface area contributed by atoms with Gasteiger partial charge in [-0.1, -0.05) is 12.1 Å². The van der Waals surface area contributed by atoms with Crippen molar-refractivity contribution in [2.75, 3.05) is 7.11 Å². The number of methoxy groups -OCH3 is 1. The predicted octanol–water partition coefficient (Wildman–Crippen LogP) is 1.65. The molecule has 0 aliphatic heterocycles. The van der Waals surface area contributed by atoms with Gasteiger partial charge in [-0.3, -0.25) is 4.79 Å². The second kappa shape index (κ2) is 7.85. The zero-order chi connectivity index (χ0) is 20.2. The minimum atomic E-state index is -1.02. The third-order valence-corrected chi connectivity index (χ3v) is 4.07. The van der Waals surface area contributed by atoms with Gasteiger partial charge in [0.05, 0.1) is 7.11 Å². The Hall–Kier alpha value is -2.77. The molecule has 8 nitrogen and oxygen atoms in total. The van der Waals surface area contributed by atoms with E-state index in [1.807, 2.05) is 0 Å². The number of hydrogen-bond acceptors (Lipinski definition) is 6. The smallest absolute Gasteiger partial charge is 0.408 e. The molecule has 27 heavy (non-hydrogen) atoms. The lowest BCUT2D eigenvalue weighted by molar-refractivity contribution is -0.146. The molecule has 1 aromatic rings. The molecule has 148 valence electrons. The number of aromatic hydroxyl groups is 1. The van der Waals surface area contributed by atoms with Crippen molar-refractivity contribution >= 4 is 18.0 Å². The number of esters is 1. The van der Waals surface area contributed by atoms with Crippen LogP contribution in [0.4, 0.5) is 4.79 Å². The Balaban J connectivity index is 2.12. The van der Waals surface area contributed by atoms with Gasteiger partial charge in [-0.2, -0.15) is 0 Å².